The number of hydrogen-bond donors (Lipinski definition) is 2. The van der Waals surface area contributed by atoms with E-state index < -0.39 is 23.5 Å². The number of ether oxygens (including phenoxy) is 2. The van der Waals surface area contributed by atoms with E-state index in [4.69, 9.17) is 9.47 Å². The zero-order chi connectivity index (χ0) is 15.3. The lowest BCUT2D eigenvalue weighted by Crippen LogP contribution is -2.59. The van der Waals surface area contributed by atoms with Crippen molar-refractivity contribution in [1.82, 2.24) is 5.32 Å². The van der Waals surface area contributed by atoms with E-state index in [1.54, 1.807) is 31.2 Å². The lowest BCUT2D eigenvalue weighted by Gasteiger charge is -2.34. The smallest absolute Gasteiger partial charge is 0.329 e. The molecule has 1 heterocycles. The molecule has 1 aromatic rings. The molecule has 6 heteroatoms. The maximum Gasteiger partial charge on any atom is 0.329 e. The lowest BCUT2D eigenvalue weighted by atomic mass is 9.90. The van der Waals surface area contributed by atoms with Gasteiger partial charge in [0.2, 0.25) is 0 Å². The molecule has 1 fully saturated rings. The number of benzene rings is 1. The highest BCUT2D eigenvalue weighted by molar-refractivity contribution is 5.89. The van der Waals surface area contributed by atoms with Gasteiger partial charge in [-0.25, -0.2) is 4.79 Å². The van der Waals surface area contributed by atoms with Crippen LogP contribution in [0.1, 0.15) is 19.8 Å². The molecule has 1 aromatic carbocycles. The van der Waals surface area contributed by atoms with E-state index in [0.717, 1.165) is 0 Å². The zero-order valence-corrected chi connectivity index (χ0v) is 11.9. The summed E-state index contributed by atoms with van der Waals surface area (Å²) in [5.74, 6) is -0.911. The molecule has 1 amide bonds. The van der Waals surface area contributed by atoms with Crippen molar-refractivity contribution in [2.45, 2.75) is 31.4 Å². The molecule has 2 rings (SSSR count). The Hall–Kier alpha value is -2.08. The number of aliphatic carboxylic acids is 1. The molecular weight excluding hydrogens is 274 g/mol. The van der Waals surface area contributed by atoms with Crippen molar-refractivity contribution in [2.75, 3.05) is 13.2 Å². The van der Waals surface area contributed by atoms with Gasteiger partial charge in [0.25, 0.3) is 5.91 Å². The predicted molar refractivity (Wildman–Crippen MR) is 75.1 cm³/mol. The molecule has 114 valence electrons. The van der Waals surface area contributed by atoms with Gasteiger partial charge >= 0.3 is 5.97 Å². The summed E-state index contributed by atoms with van der Waals surface area (Å²) in [6.45, 7) is 2.23. The van der Waals surface area contributed by atoms with Gasteiger partial charge in [-0.2, -0.15) is 0 Å². The number of carbonyl (C=O) groups excluding carboxylic acids is 1. The van der Waals surface area contributed by atoms with Gasteiger partial charge in [0.15, 0.2) is 6.10 Å². The van der Waals surface area contributed by atoms with Crippen LogP contribution in [0.4, 0.5) is 0 Å². The molecule has 0 radical (unpaired) electrons. The Morgan fingerprint density at radius 1 is 1.29 bits per heavy atom. The second-order valence-electron chi connectivity index (χ2n) is 5.06. The Bertz CT molecular complexity index is 496. The summed E-state index contributed by atoms with van der Waals surface area (Å²) in [5, 5.41) is 12.0. The number of amides is 1. The van der Waals surface area contributed by atoms with E-state index in [-0.39, 0.29) is 12.8 Å². The Kier molecular flexibility index (Phi) is 4.80. The third-order valence-electron chi connectivity index (χ3n) is 3.54. The predicted octanol–water partition coefficient (Wildman–Crippen LogP) is 1.20. The summed E-state index contributed by atoms with van der Waals surface area (Å²) in [5.41, 5.74) is -1.26. The molecule has 1 unspecified atom stereocenters. The Balaban J connectivity index is 2.00. The molecule has 1 atom stereocenters. The van der Waals surface area contributed by atoms with Gasteiger partial charge in [0.1, 0.15) is 11.3 Å². The fourth-order valence-corrected chi connectivity index (χ4v) is 2.21. The van der Waals surface area contributed by atoms with Gasteiger partial charge in [-0.15, -0.1) is 0 Å². The average molecular weight is 293 g/mol. The molecule has 0 saturated carbocycles. The normalized spacial score (nSPS) is 18.5. The van der Waals surface area contributed by atoms with Crippen molar-refractivity contribution in [1.29, 1.82) is 0 Å². The minimum atomic E-state index is -1.26. The molecular formula is C15H19NO5. The Morgan fingerprint density at radius 2 is 1.90 bits per heavy atom. The van der Waals surface area contributed by atoms with Crippen LogP contribution >= 0.6 is 0 Å². The third-order valence-corrected chi connectivity index (χ3v) is 3.54. The summed E-state index contributed by atoms with van der Waals surface area (Å²) < 4.78 is 10.7. The van der Waals surface area contributed by atoms with Crippen LogP contribution in [-0.2, 0) is 14.3 Å². The van der Waals surface area contributed by atoms with Crippen molar-refractivity contribution in [3.63, 3.8) is 0 Å². The van der Waals surface area contributed by atoms with E-state index in [1.165, 1.54) is 0 Å². The number of nitrogens with one attached hydrogen (secondary N) is 1. The summed E-state index contributed by atoms with van der Waals surface area (Å²) >= 11 is 0. The van der Waals surface area contributed by atoms with Crippen LogP contribution in [0.25, 0.3) is 0 Å². The first kappa shape index (κ1) is 15.3. The molecule has 0 spiro atoms. The summed E-state index contributed by atoms with van der Waals surface area (Å²) in [4.78, 5) is 23.7. The van der Waals surface area contributed by atoms with Crippen molar-refractivity contribution >= 4 is 11.9 Å². The standard InChI is InChI=1S/C15H19NO5/c1-11(21-12-5-3-2-4-6-12)13(17)16-15(14(18)19)7-9-20-10-8-15/h2-6,11H,7-10H2,1H3,(H,16,17)(H,18,19). The monoisotopic (exact) mass is 293 g/mol. The average Bonchev–Trinajstić information content (AvgIpc) is 2.49. The van der Waals surface area contributed by atoms with Crippen molar-refractivity contribution in [3.05, 3.63) is 30.3 Å². The maximum absolute atomic E-state index is 12.2. The minimum absolute atomic E-state index is 0.256. The second-order valence-corrected chi connectivity index (χ2v) is 5.06. The van der Waals surface area contributed by atoms with Crippen LogP contribution in [0.5, 0.6) is 5.75 Å². The quantitative estimate of drug-likeness (QED) is 0.852. The van der Waals surface area contributed by atoms with Crippen LogP contribution < -0.4 is 10.1 Å². The zero-order valence-electron chi connectivity index (χ0n) is 11.9. The largest absolute Gasteiger partial charge is 0.481 e. The van der Waals surface area contributed by atoms with E-state index in [0.29, 0.717) is 19.0 Å². The first-order valence-electron chi connectivity index (χ1n) is 6.88. The molecule has 1 saturated heterocycles. The first-order chi connectivity index (χ1) is 10.0. The van der Waals surface area contributed by atoms with E-state index in [1.807, 2.05) is 6.07 Å². The van der Waals surface area contributed by atoms with Crippen LogP contribution in [0.2, 0.25) is 0 Å². The van der Waals surface area contributed by atoms with E-state index in [2.05, 4.69) is 5.32 Å². The summed E-state index contributed by atoms with van der Waals surface area (Å²) in [6.07, 6.45) is -0.260. The van der Waals surface area contributed by atoms with Gasteiger partial charge < -0.3 is 19.9 Å². The topological polar surface area (TPSA) is 84.9 Å². The van der Waals surface area contributed by atoms with Crippen LogP contribution in [0.15, 0.2) is 30.3 Å². The molecule has 0 aliphatic carbocycles. The van der Waals surface area contributed by atoms with Crippen molar-refractivity contribution < 1.29 is 24.2 Å². The second kappa shape index (κ2) is 6.58. The first-order valence-corrected chi connectivity index (χ1v) is 6.88. The number of hydrogen-bond acceptors (Lipinski definition) is 4. The van der Waals surface area contributed by atoms with E-state index in [9.17, 15) is 14.7 Å². The molecule has 1 aliphatic rings. The van der Waals surface area contributed by atoms with Crippen LogP contribution in [0.3, 0.4) is 0 Å². The molecule has 1 aliphatic heterocycles. The van der Waals surface area contributed by atoms with Crippen LogP contribution in [0, 0.1) is 0 Å². The lowest BCUT2D eigenvalue weighted by molar-refractivity contribution is -0.153. The molecule has 0 bridgehead atoms. The molecule has 0 aromatic heterocycles. The van der Waals surface area contributed by atoms with E-state index >= 15 is 0 Å². The van der Waals surface area contributed by atoms with Gasteiger partial charge in [0, 0.05) is 26.1 Å². The highest BCUT2D eigenvalue weighted by atomic mass is 16.5. The fourth-order valence-electron chi connectivity index (χ4n) is 2.21. The highest BCUT2D eigenvalue weighted by Gasteiger charge is 2.42. The molecule has 21 heavy (non-hydrogen) atoms. The highest BCUT2D eigenvalue weighted by Crippen LogP contribution is 2.21. The van der Waals surface area contributed by atoms with Crippen molar-refractivity contribution in [3.8, 4) is 5.75 Å². The van der Waals surface area contributed by atoms with Gasteiger partial charge in [-0.3, -0.25) is 4.79 Å². The SMILES string of the molecule is CC(Oc1ccccc1)C(=O)NC1(C(=O)O)CCOCC1. The number of carbonyl (C=O) groups is 2. The molecule has 2 N–H and O–H groups in total. The number of para-hydroxylation sites is 1. The summed E-state index contributed by atoms with van der Waals surface area (Å²) in [6, 6.07) is 8.93. The van der Waals surface area contributed by atoms with Crippen molar-refractivity contribution in [2.24, 2.45) is 0 Å². The number of carboxylic acid groups (broad SMARTS) is 1. The van der Waals surface area contributed by atoms with Gasteiger partial charge in [0.05, 0.1) is 0 Å². The Labute approximate surface area is 123 Å². The van der Waals surface area contributed by atoms with Gasteiger partial charge in [-0.1, -0.05) is 18.2 Å². The minimum Gasteiger partial charge on any atom is -0.481 e. The number of rotatable bonds is 5. The maximum atomic E-state index is 12.2. The van der Waals surface area contributed by atoms with Gasteiger partial charge in [-0.05, 0) is 19.1 Å². The van der Waals surface area contributed by atoms with Crippen LogP contribution in [-0.4, -0.2) is 41.8 Å². The number of carboxylic acids is 1. The summed E-state index contributed by atoms with van der Waals surface area (Å²) in [7, 11) is 0. The molecule has 6 nitrogen and oxygen atoms in total. The third kappa shape index (κ3) is 3.72. The fraction of sp³-hybridized carbons (Fsp3) is 0.467. The Morgan fingerprint density at radius 3 is 2.48 bits per heavy atom.